The van der Waals surface area contributed by atoms with Gasteiger partial charge in [0.05, 0.1) is 28.8 Å². The normalized spacial score (nSPS) is 15.8. The van der Waals surface area contributed by atoms with Crippen LogP contribution >= 0.6 is 0 Å². The predicted molar refractivity (Wildman–Crippen MR) is 210 cm³/mol. The summed E-state index contributed by atoms with van der Waals surface area (Å²) in [6.07, 6.45) is 0.118. The van der Waals surface area contributed by atoms with E-state index in [4.69, 9.17) is 5.21 Å². The van der Waals surface area contributed by atoms with Gasteiger partial charge in [-0.3, -0.25) is 9.78 Å². The molecule has 4 aromatic rings. The van der Waals surface area contributed by atoms with Crippen LogP contribution in [0.4, 0.5) is 4.79 Å². The van der Waals surface area contributed by atoms with E-state index in [9.17, 15) is 23.1 Å². The number of carbonyl (C=O) groups excluding carboxylic acids is 2. The van der Waals surface area contributed by atoms with Gasteiger partial charge < -0.3 is 25.4 Å². The minimum absolute atomic E-state index is 0.0221. The molecule has 0 saturated carbocycles. The van der Waals surface area contributed by atoms with Gasteiger partial charge in [-0.15, -0.1) is 0 Å². The van der Waals surface area contributed by atoms with E-state index in [1.807, 2.05) is 102 Å². The van der Waals surface area contributed by atoms with Crippen molar-refractivity contribution in [2.75, 3.05) is 26.2 Å². The van der Waals surface area contributed by atoms with Crippen molar-refractivity contribution in [3.63, 3.8) is 0 Å². The molecule has 1 fully saturated rings. The van der Waals surface area contributed by atoms with Crippen LogP contribution in [-0.2, 0) is 27.8 Å². The standard InChI is InChI=1S/C41H52N6O6S/c1-28(2)25-46(54(52,53)33-18-16-31(17-19-33)24-42-51)27-37(48)36(23-30-12-8-7-9-13-30)44-39(49)38(41(4,5)6)47-21-20-45(40(47)50)26-32-22-29(3)43-35-15-11-10-14-34(32)35/h7-19,22,24,28,36-38,48,51H,20-21,23,25-27H2,1-6H3,(H,44,49)/t36-,37+,38+/m0/s1. The summed E-state index contributed by atoms with van der Waals surface area (Å²) in [7, 11) is -4.07. The molecule has 54 heavy (non-hydrogen) atoms. The minimum Gasteiger partial charge on any atom is -0.411 e. The Hall–Kier alpha value is -4.85. The van der Waals surface area contributed by atoms with Gasteiger partial charge in [0.2, 0.25) is 15.9 Å². The van der Waals surface area contributed by atoms with E-state index in [1.54, 1.807) is 9.80 Å². The summed E-state index contributed by atoms with van der Waals surface area (Å²) in [6, 6.07) is 23.1. The molecule has 1 aliphatic heterocycles. The van der Waals surface area contributed by atoms with Crippen molar-refractivity contribution in [3.05, 3.63) is 107 Å². The van der Waals surface area contributed by atoms with Crippen molar-refractivity contribution in [3.8, 4) is 0 Å². The van der Waals surface area contributed by atoms with Crippen LogP contribution in [0.1, 0.15) is 57.0 Å². The zero-order chi connectivity index (χ0) is 39.2. The number of hydrogen-bond acceptors (Lipinski definition) is 8. The third-order valence-electron chi connectivity index (χ3n) is 9.57. The number of sulfonamides is 1. The molecule has 288 valence electrons. The van der Waals surface area contributed by atoms with Gasteiger partial charge >= 0.3 is 6.03 Å². The maximum Gasteiger partial charge on any atom is 0.321 e. The fourth-order valence-corrected chi connectivity index (χ4v) is 8.71. The number of rotatable bonds is 15. The molecule has 3 aromatic carbocycles. The quantitative estimate of drug-likeness (QED) is 0.0829. The van der Waals surface area contributed by atoms with Crippen LogP contribution in [0.25, 0.3) is 10.9 Å². The Bertz CT molecular complexity index is 2050. The van der Waals surface area contributed by atoms with E-state index in [2.05, 4.69) is 15.5 Å². The maximum atomic E-state index is 14.5. The number of amides is 3. The highest BCUT2D eigenvalue weighted by molar-refractivity contribution is 7.89. The number of nitrogens with one attached hydrogen (secondary N) is 1. The first-order valence-electron chi connectivity index (χ1n) is 18.3. The summed E-state index contributed by atoms with van der Waals surface area (Å²) in [4.78, 5) is 36.6. The van der Waals surface area contributed by atoms with Crippen molar-refractivity contribution in [2.24, 2.45) is 16.5 Å². The molecule has 12 nitrogen and oxygen atoms in total. The van der Waals surface area contributed by atoms with Crippen LogP contribution in [0.2, 0.25) is 0 Å². The van der Waals surface area contributed by atoms with E-state index < -0.39 is 39.5 Å². The number of aliphatic hydroxyl groups excluding tert-OH is 1. The SMILES string of the molecule is Cc1cc(CN2CCN([C@H](C(=O)N[C@@H](Cc3ccccc3)[C@H](O)CN(CC(C)C)S(=O)(=O)c3ccc(C=NO)cc3)C(C)(C)C)C2=O)c2ccccc2n1. The first kappa shape index (κ1) is 40.3. The van der Waals surface area contributed by atoms with Crippen molar-refractivity contribution in [2.45, 2.75) is 77.6 Å². The van der Waals surface area contributed by atoms with Crippen molar-refractivity contribution in [1.82, 2.24) is 24.4 Å². The topological polar surface area (TPSA) is 156 Å². The molecule has 2 heterocycles. The molecule has 1 aromatic heterocycles. The fraction of sp³-hybridized carbons (Fsp3) is 0.415. The highest BCUT2D eigenvalue weighted by atomic mass is 32.2. The van der Waals surface area contributed by atoms with Gasteiger partial charge in [0, 0.05) is 43.8 Å². The average Bonchev–Trinajstić information content (AvgIpc) is 3.45. The Morgan fingerprint density at radius 3 is 2.31 bits per heavy atom. The van der Waals surface area contributed by atoms with E-state index >= 15 is 0 Å². The molecular formula is C41H52N6O6S. The molecule has 0 radical (unpaired) electrons. The molecule has 3 atom stereocenters. The Balaban J connectivity index is 1.40. The summed E-state index contributed by atoms with van der Waals surface area (Å²) >= 11 is 0. The zero-order valence-electron chi connectivity index (χ0n) is 31.9. The Labute approximate surface area is 318 Å². The molecule has 1 aliphatic rings. The number of fused-ring (bicyclic) bond motifs is 1. The molecule has 0 bridgehead atoms. The second-order valence-electron chi connectivity index (χ2n) is 15.5. The third kappa shape index (κ3) is 9.62. The zero-order valence-corrected chi connectivity index (χ0v) is 32.7. The van der Waals surface area contributed by atoms with Crippen LogP contribution in [0, 0.1) is 18.3 Å². The number of aryl methyl sites for hydroxylation is 1. The summed E-state index contributed by atoms with van der Waals surface area (Å²) in [5, 5.41) is 27.8. The van der Waals surface area contributed by atoms with Gasteiger partial charge in [-0.05, 0) is 65.6 Å². The lowest BCUT2D eigenvalue weighted by atomic mass is 9.84. The number of aliphatic hydroxyl groups is 1. The molecule has 0 aliphatic carbocycles. The predicted octanol–water partition coefficient (Wildman–Crippen LogP) is 5.44. The molecule has 5 rings (SSSR count). The summed E-state index contributed by atoms with van der Waals surface area (Å²) in [5.74, 6) is -0.499. The maximum absolute atomic E-state index is 14.5. The molecule has 3 N–H and O–H groups in total. The van der Waals surface area contributed by atoms with Crippen LogP contribution in [0.3, 0.4) is 0 Å². The van der Waals surface area contributed by atoms with Crippen LogP contribution in [0.5, 0.6) is 0 Å². The molecule has 3 amide bonds. The highest BCUT2D eigenvalue weighted by Crippen LogP contribution is 2.30. The van der Waals surface area contributed by atoms with Gasteiger partial charge in [0.15, 0.2) is 0 Å². The number of oxime groups is 1. The van der Waals surface area contributed by atoms with Crippen LogP contribution in [0.15, 0.2) is 95.0 Å². The number of para-hydroxylation sites is 1. The molecule has 1 saturated heterocycles. The van der Waals surface area contributed by atoms with E-state index in [0.717, 1.165) is 27.7 Å². The van der Waals surface area contributed by atoms with Gasteiger partial charge in [0.1, 0.15) is 6.04 Å². The van der Waals surface area contributed by atoms with Gasteiger partial charge in [0.25, 0.3) is 0 Å². The monoisotopic (exact) mass is 756 g/mol. The first-order chi connectivity index (χ1) is 25.6. The number of pyridine rings is 1. The first-order valence-corrected chi connectivity index (χ1v) is 19.7. The Morgan fingerprint density at radius 2 is 1.67 bits per heavy atom. The molecule has 13 heteroatoms. The molecule has 0 spiro atoms. The van der Waals surface area contributed by atoms with Crippen LogP contribution in [-0.4, -0.2) is 100 Å². The number of nitrogens with zero attached hydrogens (tertiary/aromatic N) is 5. The minimum atomic E-state index is -4.07. The second-order valence-corrected chi connectivity index (χ2v) is 17.4. The van der Waals surface area contributed by atoms with Crippen molar-refractivity contribution in [1.29, 1.82) is 0 Å². The summed E-state index contributed by atoms with van der Waals surface area (Å²) < 4.78 is 29.2. The lowest BCUT2D eigenvalue weighted by Crippen LogP contribution is -2.59. The lowest BCUT2D eigenvalue weighted by molar-refractivity contribution is -0.130. The summed E-state index contributed by atoms with van der Waals surface area (Å²) in [6.45, 7) is 12.4. The number of carbonyl (C=O) groups is 2. The van der Waals surface area contributed by atoms with Gasteiger partial charge in [-0.1, -0.05) is 100 Å². The van der Waals surface area contributed by atoms with Crippen molar-refractivity contribution >= 4 is 39.1 Å². The van der Waals surface area contributed by atoms with E-state index in [1.165, 1.54) is 34.8 Å². The van der Waals surface area contributed by atoms with Gasteiger partial charge in [-0.25, -0.2) is 13.2 Å². The largest absolute Gasteiger partial charge is 0.411 e. The molecule has 0 unspecified atom stereocenters. The van der Waals surface area contributed by atoms with Crippen molar-refractivity contribution < 1.29 is 28.3 Å². The van der Waals surface area contributed by atoms with E-state index in [0.29, 0.717) is 25.2 Å². The smallest absolute Gasteiger partial charge is 0.321 e. The number of urea groups is 1. The Kier molecular flexibility index (Phi) is 12.8. The van der Waals surface area contributed by atoms with E-state index in [-0.39, 0.29) is 36.4 Å². The fourth-order valence-electron chi connectivity index (χ4n) is 7.09. The average molecular weight is 757 g/mol. The lowest BCUT2D eigenvalue weighted by Gasteiger charge is -2.38. The number of aromatic nitrogens is 1. The second kappa shape index (κ2) is 17.1. The summed E-state index contributed by atoms with van der Waals surface area (Å²) in [5.41, 5.74) is 3.37. The molecular weight excluding hydrogens is 705 g/mol. The van der Waals surface area contributed by atoms with Gasteiger partial charge in [-0.2, -0.15) is 4.31 Å². The third-order valence-corrected chi connectivity index (χ3v) is 11.4. The number of benzene rings is 3. The Morgan fingerprint density at radius 1 is 1.00 bits per heavy atom. The van der Waals surface area contributed by atoms with Crippen LogP contribution < -0.4 is 5.32 Å². The number of hydrogen-bond donors (Lipinski definition) is 3. The highest BCUT2D eigenvalue weighted by Gasteiger charge is 2.44.